The van der Waals surface area contributed by atoms with E-state index in [-0.39, 0.29) is 0 Å². The SMILES string of the molecule is C=Nc1cnccc1N=CC. The first-order chi connectivity index (χ1) is 5.38. The fourth-order valence-corrected chi connectivity index (χ4v) is 0.749. The van der Waals surface area contributed by atoms with Crippen LogP contribution in [0, 0.1) is 0 Å². The normalized spacial score (nSPS) is 10.3. The van der Waals surface area contributed by atoms with Gasteiger partial charge in [0.15, 0.2) is 0 Å². The smallest absolute Gasteiger partial charge is 0.106 e. The highest BCUT2D eigenvalue weighted by molar-refractivity contribution is 5.69. The molecule has 0 aliphatic heterocycles. The standard InChI is InChI=1S/C8H9N3/c1-3-11-7-4-5-10-6-8(7)9-2/h3-6H,2H2,1H3. The second kappa shape index (κ2) is 3.61. The van der Waals surface area contributed by atoms with E-state index < -0.39 is 0 Å². The maximum Gasteiger partial charge on any atom is 0.106 e. The molecule has 56 valence electrons. The Kier molecular flexibility index (Phi) is 2.49. The molecule has 1 rings (SSSR count). The summed E-state index contributed by atoms with van der Waals surface area (Å²) in [5, 5.41) is 0. The van der Waals surface area contributed by atoms with Gasteiger partial charge in [-0.15, -0.1) is 0 Å². The molecule has 0 aliphatic carbocycles. The molecule has 3 nitrogen and oxygen atoms in total. The summed E-state index contributed by atoms with van der Waals surface area (Å²) in [5.41, 5.74) is 1.52. The first kappa shape index (κ1) is 7.60. The molecule has 1 aromatic rings. The van der Waals surface area contributed by atoms with Crippen molar-refractivity contribution in [1.82, 2.24) is 4.98 Å². The number of aromatic nitrogens is 1. The Labute approximate surface area is 65.5 Å². The first-order valence-electron chi connectivity index (χ1n) is 3.28. The first-order valence-corrected chi connectivity index (χ1v) is 3.28. The number of hydrogen-bond acceptors (Lipinski definition) is 3. The molecule has 0 aliphatic rings. The zero-order chi connectivity index (χ0) is 8.10. The van der Waals surface area contributed by atoms with Crippen LogP contribution in [0.2, 0.25) is 0 Å². The lowest BCUT2D eigenvalue weighted by Crippen LogP contribution is -1.71. The molecule has 0 saturated carbocycles. The van der Waals surface area contributed by atoms with Crippen LogP contribution >= 0.6 is 0 Å². The molecule has 0 N–H and O–H groups in total. The maximum absolute atomic E-state index is 4.08. The monoisotopic (exact) mass is 147 g/mol. The van der Waals surface area contributed by atoms with Gasteiger partial charge in [-0.2, -0.15) is 0 Å². The van der Waals surface area contributed by atoms with Crippen LogP contribution in [-0.4, -0.2) is 17.9 Å². The third-order valence-electron chi connectivity index (χ3n) is 1.22. The molecule has 1 heterocycles. The molecule has 0 spiro atoms. The van der Waals surface area contributed by atoms with Crippen LogP contribution in [0.3, 0.4) is 0 Å². The lowest BCUT2D eigenvalue weighted by molar-refractivity contribution is 1.29. The van der Waals surface area contributed by atoms with E-state index in [9.17, 15) is 0 Å². The minimum absolute atomic E-state index is 0.714. The van der Waals surface area contributed by atoms with Gasteiger partial charge < -0.3 is 0 Å². The Morgan fingerprint density at radius 1 is 1.55 bits per heavy atom. The predicted octanol–water partition coefficient (Wildman–Crippen LogP) is 2.14. The van der Waals surface area contributed by atoms with Gasteiger partial charge in [-0.05, 0) is 19.7 Å². The van der Waals surface area contributed by atoms with E-state index in [1.807, 2.05) is 6.92 Å². The van der Waals surface area contributed by atoms with Crippen LogP contribution in [-0.2, 0) is 0 Å². The average molecular weight is 147 g/mol. The fourth-order valence-electron chi connectivity index (χ4n) is 0.749. The lowest BCUT2D eigenvalue weighted by atomic mass is 10.3. The van der Waals surface area contributed by atoms with Crippen LogP contribution < -0.4 is 0 Å². The number of pyridine rings is 1. The van der Waals surface area contributed by atoms with Crippen molar-refractivity contribution in [2.24, 2.45) is 9.98 Å². The summed E-state index contributed by atoms with van der Waals surface area (Å²) in [7, 11) is 0. The quantitative estimate of drug-likeness (QED) is 0.590. The van der Waals surface area contributed by atoms with Crippen LogP contribution in [0.4, 0.5) is 11.4 Å². The van der Waals surface area contributed by atoms with Gasteiger partial charge in [-0.1, -0.05) is 0 Å². The van der Waals surface area contributed by atoms with Crippen LogP contribution in [0.5, 0.6) is 0 Å². The van der Waals surface area contributed by atoms with Crippen LogP contribution in [0.1, 0.15) is 6.92 Å². The highest BCUT2D eigenvalue weighted by Crippen LogP contribution is 2.24. The van der Waals surface area contributed by atoms with E-state index in [1.165, 1.54) is 0 Å². The summed E-state index contributed by atoms with van der Waals surface area (Å²) in [6.07, 6.45) is 5.02. The largest absolute Gasteiger partial charge is 0.262 e. The predicted molar refractivity (Wildman–Crippen MR) is 47.3 cm³/mol. The molecule has 11 heavy (non-hydrogen) atoms. The Bertz CT molecular complexity index is 278. The molecule has 0 radical (unpaired) electrons. The van der Waals surface area contributed by atoms with Gasteiger partial charge in [0.1, 0.15) is 5.69 Å². The molecule has 0 aromatic carbocycles. The lowest BCUT2D eigenvalue weighted by Gasteiger charge is -1.95. The Morgan fingerprint density at radius 3 is 3.00 bits per heavy atom. The van der Waals surface area contributed by atoms with Crippen molar-refractivity contribution in [2.75, 3.05) is 0 Å². The molecule has 0 fully saturated rings. The summed E-state index contributed by atoms with van der Waals surface area (Å²) in [6, 6.07) is 1.80. The van der Waals surface area contributed by atoms with Crippen molar-refractivity contribution in [2.45, 2.75) is 6.92 Å². The minimum atomic E-state index is 0.714. The molecule has 0 amide bonds. The molecule has 0 unspecified atom stereocenters. The average Bonchev–Trinajstić information content (AvgIpc) is 2.06. The molecule has 0 bridgehead atoms. The van der Waals surface area contributed by atoms with Crippen molar-refractivity contribution in [1.29, 1.82) is 0 Å². The van der Waals surface area contributed by atoms with Gasteiger partial charge in [-0.3, -0.25) is 15.0 Å². The zero-order valence-electron chi connectivity index (χ0n) is 6.36. The van der Waals surface area contributed by atoms with E-state index >= 15 is 0 Å². The Hall–Kier alpha value is -1.51. The van der Waals surface area contributed by atoms with Crippen LogP contribution in [0.25, 0.3) is 0 Å². The summed E-state index contributed by atoms with van der Waals surface area (Å²) < 4.78 is 0. The Balaban J connectivity index is 3.11. The highest BCUT2D eigenvalue weighted by atomic mass is 14.8. The molecule has 1 aromatic heterocycles. The van der Waals surface area contributed by atoms with E-state index in [0.717, 1.165) is 5.69 Å². The van der Waals surface area contributed by atoms with E-state index in [4.69, 9.17) is 0 Å². The van der Waals surface area contributed by atoms with E-state index in [0.29, 0.717) is 5.69 Å². The van der Waals surface area contributed by atoms with E-state index in [2.05, 4.69) is 21.7 Å². The van der Waals surface area contributed by atoms with Gasteiger partial charge in [0, 0.05) is 12.4 Å². The van der Waals surface area contributed by atoms with Crippen molar-refractivity contribution in [3.8, 4) is 0 Å². The van der Waals surface area contributed by atoms with Gasteiger partial charge in [0.05, 0.1) is 11.9 Å². The maximum atomic E-state index is 4.08. The van der Waals surface area contributed by atoms with Crippen molar-refractivity contribution in [3.63, 3.8) is 0 Å². The topological polar surface area (TPSA) is 37.6 Å². The number of hydrogen-bond donors (Lipinski definition) is 0. The summed E-state index contributed by atoms with van der Waals surface area (Å²) in [6.45, 7) is 5.26. The second-order valence-electron chi connectivity index (χ2n) is 1.91. The minimum Gasteiger partial charge on any atom is -0.262 e. The van der Waals surface area contributed by atoms with Crippen molar-refractivity contribution in [3.05, 3.63) is 18.5 Å². The van der Waals surface area contributed by atoms with E-state index in [1.54, 1.807) is 24.7 Å². The molecule has 0 saturated heterocycles. The third kappa shape index (κ3) is 1.70. The summed E-state index contributed by atoms with van der Waals surface area (Å²) in [4.78, 5) is 11.7. The second-order valence-corrected chi connectivity index (χ2v) is 1.91. The molecule has 0 atom stereocenters. The number of nitrogens with zero attached hydrogens (tertiary/aromatic N) is 3. The molecule has 3 heteroatoms. The fraction of sp³-hybridized carbons (Fsp3) is 0.125. The van der Waals surface area contributed by atoms with Crippen molar-refractivity contribution < 1.29 is 0 Å². The molecular weight excluding hydrogens is 138 g/mol. The molecular formula is C8H9N3. The Morgan fingerprint density at radius 2 is 2.36 bits per heavy atom. The third-order valence-corrected chi connectivity index (χ3v) is 1.22. The van der Waals surface area contributed by atoms with Gasteiger partial charge in [0.2, 0.25) is 0 Å². The van der Waals surface area contributed by atoms with Gasteiger partial charge >= 0.3 is 0 Å². The number of aliphatic imine (C=N–C) groups is 2. The van der Waals surface area contributed by atoms with Crippen molar-refractivity contribution >= 4 is 24.3 Å². The number of rotatable bonds is 2. The van der Waals surface area contributed by atoms with Gasteiger partial charge in [0.25, 0.3) is 0 Å². The highest BCUT2D eigenvalue weighted by Gasteiger charge is 1.94. The summed E-state index contributed by atoms with van der Waals surface area (Å²) >= 11 is 0. The van der Waals surface area contributed by atoms with Gasteiger partial charge in [-0.25, -0.2) is 0 Å². The summed E-state index contributed by atoms with van der Waals surface area (Å²) in [5.74, 6) is 0. The van der Waals surface area contributed by atoms with Crippen LogP contribution in [0.15, 0.2) is 28.4 Å². The zero-order valence-corrected chi connectivity index (χ0v) is 6.36.